The van der Waals surface area contributed by atoms with Crippen LogP contribution in [0.2, 0.25) is 0 Å². The van der Waals surface area contributed by atoms with Crippen LogP contribution in [0, 0.1) is 11.7 Å². The predicted molar refractivity (Wildman–Crippen MR) is 62.0 cm³/mol. The molecule has 3 heteroatoms. The molecule has 1 saturated carbocycles. The van der Waals surface area contributed by atoms with E-state index in [1.165, 1.54) is 18.9 Å². The van der Waals surface area contributed by atoms with Crippen molar-refractivity contribution in [2.75, 3.05) is 7.11 Å². The van der Waals surface area contributed by atoms with Crippen LogP contribution >= 0.6 is 15.9 Å². The summed E-state index contributed by atoms with van der Waals surface area (Å²) in [7, 11) is 1.55. The number of ether oxygens (including phenoxy) is 1. The monoisotopic (exact) mass is 272 g/mol. The van der Waals surface area contributed by atoms with E-state index in [0.717, 1.165) is 17.9 Å². The highest BCUT2D eigenvalue weighted by atomic mass is 79.9. The molecular weight excluding hydrogens is 259 g/mol. The second-order valence-corrected chi connectivity index (χ2v) is 5.14. The van der Waals surface area contributed by atoms with E-state index in [0.29, 0.717) is 5.75 Å². The van der Waals surface area contributed by atoms with E-state index in [9.17, 15) is 4.39 Å². The number of hydrogen-bond acceptors (Lipinski definition) is 1. The van der Waals surface area contributed by atoms with Crippen molar-refractivity contribution in [3.63, 3.8) is 0 Å². The zero-order valence-corrected chi connectivity index (χ0v) is 10.3. The Morgan fingerprint density at radius 3 is 2.80 bits per heavy atom. The number of hydrogen-bond donors (Lipinski definition) is 0. The molecule has 0 heterocycles. The fraction of sp³-hybridized carbons (Fsp3) is 0.500. The van der Waals surface area contributed by atoms with Gasteiger partial charge in [-0.2, -0.15) is 0 Å². The molecule has 82 valence electrons. The third kappa shape index (κ3) is 2.71. The number of benzene rings is 1. The van der Waals surface area contributed by atoms with Crippen LogP contribution in [0.25, 0.3) is 0 Å². The van der Waals surface area contributed by atoms with Crippen LogP contribution in [-0.4, -0.2) is 7.11 Å². The summed E-state index contributed by atoms with van der Waals surface area (Å²) in [5, 5.41) is 0. The van der Waals surface area contributed by atoms with E-state index in [1.54, 1.807) is 19.2 Å². The molecule has 1 aliphatic rings. The summed E-state index contributed by atoms with van der Waals surface area (Å²) in [4.78, 5) is 0.135. The Balaban J connectivity index is 2.11. The first-order chi connectivity index (χ1) is 7.20. The fourth-order valence-electron chi connectivity index (χ4n) is 1.66. The topological polar surface area (TPSA) is 9.23 Å². The zero-order chi connectivity index (χ0) is 10.8. The second kappa shape index (κ2) is 4.52. The molecule has 0 aliphatic heterocycles. The molecule has 0 aromatic heterocycles. The molecular formula is C12H14BrFO. The molecule has 1 atom stereocenters. The normalized spacial score (nSPS) is 17.5. The van der Waals surface area contributed by atoms with Gasteiger partial charge in [-0.15, -0.1) is 0 Å². The maximum absolute atomic E-state index is 13.6. The lowest BCUT2D eigenvalue weighted by Gasteiger charge is -2.11. The van der Waals surface area contributed by atoms with Gasteiger partial charge in [-0.1, -0.05) is 34.8 Å². The van der Waals surface area contributed by atoms with Gasteiger partial charge in [0, 0.05) is 16.5 Å². The SMILES string of the molecule is COc1ccc(C(Br)CC2CC2)c(F)c1. The minimum atomic E-state index is -0.183. The average Bonchev–Trinajstić information content (AvgIpc) is 3.01. The van der Waals surface area contributed by atoms with Gasteiger partial charge >= 0.3 is 0 Å². The van der Waals surface area contributed by atoms with Gasteiger partial charge in [-0.05, 0) is 18.4 Å². The quantitative estimate of drug-likeness (QED) is 0.751. The summed E-state index contributed by atoms with van der Waals surface area (Å²) in [6, 6.07) is 5.05. The summed E-state index contributed by atoms with van der Waals surface area (Å²) in [5.74, 6) is 1.18. The number of halogens is 2. The summed E-state index contributed by atoms with van der Waals surface area (Å²) in [6.45, 7) is 0. The van der Waals surface area contributed by atoms with Crippen molar-refractivity contribution < 1.29 is 9.13 Å². The molecule has 0 N–H and O–H groups in total. The molecule has 1 aromatic rings. The molecule has 15 heavy (non-hydrogen) atoms. The minimum absolute atomic E-state index is 0.135. The van der Waals surface area contributed by atoms with E-state index < -0.39 is 0 Å². The number of methoxy groups -OCH3 is 1. The molecule has 1 unspecified atom stereocenters. The van der Waals surface area contributed by atoms with Gasteiger partial charge in [-0.25, -0.2) is 4.39 Å². The predicted octanol–water partition coefficient (Wildman–Crippen LogP) is 4.07. The first kappa shape index (κ1) is 10.9. The van der Waals surface area contributed by atoms with Gasteiger partial charge in [0.05, 0.1) is 7.11 Å². The van der Waals surface area contributed by atoms with E-state index >= 15 is 0 Å². The minimum Gasteiger partial charge on any atom is -0.497 e. The Labute approximate surface area is 97.8 Å². The van der Waals surface area contributed by atoms with Crippen LogP contribution in [0.4, 0.5) is 4.39 Å². The highest BCUT2D eigenvalue weighted by molar-refractivity contribution is 9.09. The van der Waals surface area contributed by atoms with Gasteiger partial charge in [0.15, 0.2) is 0 Å². The molecule has 1 aliphatic carbocycles. The second-order valence-electron chi connectivity index (χ2n) is 4.03. The highest BCUT2D eigenvalue weighted by Crippen LogP contribution is 2.42. The third-order valence-corrected chi connectivity index (χ3v) is 3.65. The third-order valence-electron chi connectivity index (χ3n) is 2.78. The molecule has 0 spiro atoms. The maximum atomic E-state index is 13.6. The van der Waals surface area contributed by atoms with Crippen LogP contribution in [-0.2, 0) is 0 Å². The first-order valence-corrected chi connectivity index (χ1v) is 6.09. The standard InChI is InChI=1S/C12H14BrFO/c1-15-9-4-5-10(12(14)7-9)11(13)6-8-2-3-8/h4-5,7-8,11H,2-3,6H2,1H3. The number of alkyl halides is 1. The maximum Gasteiger partial charge on any atom is 0.131 e. The zero-order valence-electron chi connectivity index (χ0n) is 8.67. The summed E-state index contributed by atoms with van der Waals surface area (Å²) in [6.07, 6.45) is 3.61. The Hall–Kier alpha value is -0.570. The van der Waals surface area contributed by atoms with Crippen molar-refractivity contribution in [3.8, 4) is 5.75 Å². The van der Waals surface area contributed by atoms with Crippen LogP contribution in [0.3, 0.4) is 0 Å². The van der Waals surface area contributed by atoms with Crippen molar-refractivity contribution in [1.29, 1.82) is 0 Å². The first-order valence-electron chi connectivity index (χ1n) is 5.18. The van der Waals surface area contributed by atoms with Crippen LogP contribution < -0.4 is 4.74 Å². The molecule has 2 rings (SSSR count). The van der Waals surface area contributed by atoms with E-state index in [2.05, 4.69) is 15.9 Å². The average molecular weight is 273 g/mol. The number of rotatable bonds is 4. The van der Waals surface area contributed by atoms with Gasteiger partial charge in [0.25, 0.3) is 0 Å². The van der Waals surface area contributed by atoms with Crippen molar-refractivity contribution >= 4 is 15.9 Å². The molecule has 1 aromatic carbocycles. The van der Waals surface area contributed by atoms with Gasteiger partial charge in [0.2, 0.25) is 0 Å². The lowest BCUT2D eigenvalue weighted by atomic mass is 10.1. The lowest BCUT2D eigenvalue weighted by molar-refractivity contribution is 0.410. The van der Waals surface area contributed by atoms with Crippen LogP contribution in [0.5, 0.6) is 5.75 Å². The van der Waals surface area contributed by atoms with Crippen LogP contribution in [0.1, 0.15) is 29.7 Å². The Kier molecular flexibility index (Phi) is 3.29. The largest absolute Gasteiger partial charge is 0.497 e. The Bertz CT molecular complexity index is 349. The smallest absolute Gasteiger partial charge is 0.131 e. The Morgan fingerprint density at radius 1 is 1.53 bits per heavy atom. The highest BCUT2D eigenvalue weighted by Gasteiger charge is 2.26. The van der Waals surface area contributed by atoms with Crippen molar-refractivity contribution in [2.24, 2.45) is 5.92 Å². The van der Waals surface area contributed by atoms with Crippen molar-refractivity contribution in [3.05, 3.63) is 29.6 Å². The van der Waals surface area contributed by atoms with Crippen molar-refractivity contribution in [1.82, 2.24) is 0 Å². The summed E-state index contributed by atoms with van der Waals surface area (Å²) in [5.41, 5.74) is 0.739. The Morgan fingerprint density at radius 2 is 2.27 bits per heavy atom. The van der Waals surface area contributed by atoms with E-state index in [-0.39, 0.29) is 10.6 Å². The van der Waals surface area contributed by atoms with E-state index in [4.69, 9.17) is 4.74 Å². The summed E-state index contributed by atoms with van der Waals surface area (Å²) >= 11 is 3.54. The van der Waals surface area contributed by atoms with Gasteiger partial charge < -0.3 is 4.74 Å². The van der Waals surface area contributed by atoms with Crippen LogP contribution in [0.15, 0.2) is 18.2 Å². The van der Waals surface area contributed by atoms with Crippen molar-refractivity contribution in [2.45, 2.75) is 24.1 Å². The molecule has 0 amide bonds. The summed E-state index contributed by atoms with van der Waals surface area (Å²) < 4.78 is 18.6. The van der Waals surface area contributed by atoms with Gasteiger partial charge in [-0.3, -0.25) is 0 Å². The van der Waals surface area contributed by atoms with Gasteiger partial charge in [0.1, 0.15) is 11.6 Å². The molecule has 1 nitrogen and oxygen atoms in total. The molecule has 0 radical (unpaired) electrons. The molecule has 1 fully saturated rings. The fourth-order valence-corrected chi connectivity index (χ4v) is 2.56. The van der Waals surface area contributed by atoms with E-state index in [1.807, 2.05) is 0 Å². The molecule has 0 bridgehead atoms. The molecule has 0 saturated heterocycles. The lowest BCUT2D eigenvalue weighted by Crippen LogP contribution is -1.96.